The van der Waals surface area contributed by atoms with Gasteiger partial charge in [0.05, 0.1) is 7.11 Å². The first-order valence-corrected chi connectivity index (χ1v) is 8.66. The molecule has 0 radical (unpaired) electrons. The summed E-state index contributed by atoms with van der Waals surface area (Å²) in [5.41, 5.74) is 5.87. The summed E-state index contributed by atoms with van der Waals surface area (Å²) in [6.45, 7) is 4.31. The van der Waals surface area contributed by atoms with E-state index >= 15 is 0 Å². The second kappa shape index (κ2) is 7.65. The molecule has 0 aromatic carbocycles. The first-order chi connectivity index (χ1) is 10.3. The number of piperidine rings is 1. The number of nitrogens with zero attached hydrogens (tertiary/aromatic N) is 1. The number of carbonyl (C=O) groups is 1. The molecule has 132 valence electrons. The molecule has 0 saturated carbocycles. The van der Waals surface area contributed by atoms with E-state index in [0.717, 1.165) is 12.8 Å². The second-order valence-electron chi connectivity index (χ2n) is 5.62. The molecule has 1 aliphatic rings. The van der Waals surface area contributed by atoms with Crippen molar-refractivity contribution in [2.24, 2.45) is 11.7 Å². The fourth-order valence-electron chi connectivity index (χ4n) is 2.70. The maximum atomic E-state index is 12.7. The zero-order valence-electron chi connectivity index (χ0n) is 13.4. The number of rotatable bonds is 4. The molecule has 0 bridgehead atoms. The van der Waals surface area contributed by atoms with Crippen LogP contribution in [0.15, 0.2) is 15.4 Å². The maximum Gasteiger partial charge on any atom is 0.373 e. The average Bonchev–Trinajstić information content (AvgIpc) is 2.89. The summed E-state index contributed by atoms with van der Waals surface area (Å²) in [4.78, 5) is 11.5. The van der Waals surface area contributed by atoms with Gasteiger partial charge in [0.2, 0.25) is 15.8 Å². The average molecular weight is 367 g/mol. The van der Waals surface area contributed by atoms with Gasteiger partial charge in [0.15, 0.2) is 0 Å². The molecule has 9 heteroatoms. The monoisotopic (exact) mass is 366 g/mol. The lowest BCUT2D eigenvalue weighted by atomic mass is 9.92. The number of nitrogens with two attached hydrogens (primary N) is 1. The van der Waals surface area contributed by atoms with E-state index in [0.29, 0.717) is 19.0 Å². The van der Waals surface area contributed by atoms with Gasteiger partial charge in [-0.2, -0.15) is 4.31 Å². The van der Waals surface area contributed by atoms with E-state index in [1.165, 1.54) is 24.4 Å². The van der Waals surface area contributed by atoms with E-state index < -0.39 is 16.0 Å². The molecule has 2 rings (SSSR count). The Morgan fingerprint density at radius 2 is 2.00 bits per heavy atom. The smallest absolute Gasteiger partial charge is 0.373 e. The Labute approximate surface area is 142 Å². The lowest BCUT2D eigenvalue weighted by Crippen LogP contribution is -2.42. The molecule has 1 unspecified atom stereocenters. The van der Waals surface area contributed by atoms with Crippen LogP contribution in [0.3, 0.4) is 0 Å². The summed E-state index contributed by atoms with van der Waals surface area (Å²) in [6, 6.07) is 1.29. The molecular weight excluding hydrogens is 344 g/mol. The van der Waals surface area contributed by atoms with Crippen LogP contribution in [0.2, 0.25) is 0 Å². The van der Waals surface area contributed by atoms with Gasteiger partial charge >= 0.3 is 5.97 Å². The lowest BCUT2D eigenvalue weighted by Gasteiger charge is -2.32. The summed E-state index contributed by atoms with van der Waals surface area (Å²) < 4.78 is 36.6. The quantitative estimate of drug-likeness (QED) is 0.811. The van der Waals surface area contributed by atoms with E-state index in [2.05, 4.69) is 4.74 Å². The third-order valence-electron chi connectivity index (χ3n) is 4.12. The van der Waals surface area contributed by atoms with Crippen molar-refractivity contribution >= 4 is 28.4 Å². The minimum absolute atomic E-state index is 0. The Morgan fingerprint density at radius 1 is 1.43 bits per heavy atom. The van der Waals surface area contributed by atoms with Crippen molar-refractivity contribution in [2.45, 2.75) is 37.6 Å². The van der Waals surface area contributed by atoms with Crippen molar-refractivity contribution in [3.8, 4) is 0 Å². The fraction of sp³-hybridized carbons (Fsp3) is 0.643. The molecule has 2 N–H and O–H groups in total. The molecule has 0 aliphatic carbocycles. The Kier molecular flexibility index (Phi) is 6.64. The number of esters is 1. The van der Waals surface area contributed by atoms with Crippen molar-refractivity contribution in [3.05, 3.63) is 17.6 Å². The predicted molar refractivity (Wildman–Crippen MR) is 87.2 cm³/mol. The Balaban J connectivity index is 0.00000264. The third kappa shape index (κ3) is 4.06. The molecule has 1 saturated heterocycles. The molecule has 23 heavy (non-hydrogen) atoms. The number of hydrogen-bond donors (Lipinski definition) is 1. The van der Waals surface area contributed by atoms with Crippen molar-refractivity contribution in [1.82, 2.24) is 4.31 Å². The number of ether oxygens (including phenoxy) is 1. The maximum absolute atomic E-state index is 12.7. The van der Waals surface area contributed by atoms with Gasteiger partial charge in [0.1, 0.15) is 10.7 Å². The van der Waals surface area contributed by atoms with Crippen molar-refractivity contribution < 1.29 is 22.4 Å². The molecule has 0 amide bonds. The minimum Gasteiger partial charge on any atom is -0.463 e. The molecule has 2 heterocycles. The lowest BCUT2D eigenvalue weighted by molar-refractivity contribution is 0.0563. The summed E-state index contributed by atoms with van der Waals surface area (Å²) in [7, 11) is -2.46. The highest BCUT2D eigenvalue weighted by atomic mass is 35.5. The molecule has 1 aromatic heterocycles. The number of aryl methyl sites for hydroxylation is 1. The van der Waals surface area contributed by atoms with Gasteiger partial charge in [-0.1, -0.05) is 0 Å². The Hall–Kier alpha value is -1.09. The molecule has 1 aromatic rings. The van der Waals surface area contributed by atoms with Gasteiger partial charge in [0.25, 0.3) is 0 Å². The van der Waals surface area contributed by atoms with E-state index in [9.17, 15) is 13.2 Å². The van der Waals surface area contributed by atoms with Crippen LogP contribution >= 0.6 is 12.4 Å². The molecule has 0 spiro atoms. The molecule has 1 atom stereocenters. The van der Waals surface area contributed by atoms with E-state index in [1.807, 2.05) is 6.92 Å². The number of methoxy groups -OCH3 is 1. The van der Waals surface area contributed by atoms with Crippen LogP contribution in [-0.2, 0) is 14.8 Å². The summed E-state index contributed by atoms with van der Waals surface area (Å²) in [5, 5.41) is 0. The minimum atomic E-state index is -3.67. The number of halogens is 1. The second-order valence-corrected chi connectivity index (χ2v) is 7.53. The Bertz CT molecular complexity index is 648. The number of sulfonamides is 1. The van der Waals surface area contributed by atoms with Crippen molar-refractivity contribution in [3.63, 3.8) is 0 Å². The van der Waals surface area contributed by atoms with Gasteiger partial charge in [-0.3, -0.25) is 0 Å². The zero-order valence-corrected chi connectivity index (χ0v) is 15.1. The summed E-state index contributed by atoms with van der Waals surface area (Å²) in [6.07, 6.45) is 1.47. The van der Waals surface area contributed by atoms with Crippen LogP contribution in [0, 0.1) is 12.8 Å². The zero-order chi connectivity index (χ0) is 16.5. The standard InChI is InChI=1S/C14H22N2O5S.ClH/c1-9(15)11-4-6-16(7-5-11)22(18,19)13-8-12(14(17)20-3)21-10(13)2;/h8-9,11H,4-7,15H2,1-3H3;1H. The Morgan fingerprint density at radius 3 is 2.48 bits per heavy atom. The van der Waals surface area contributed by atoms with E-state index in [4.69, 9.17) is 10.2 Å². The molecule has 7 nitrogen and oxygen atoms in total. The first kappa shape index (κ1) is 20.0. The molecule has 1 aliphatic heterocycles. The highest BCUT2D eigenvalue weighted by molar-refractivity contribution is 7.89. The number of carbonyl (C=O) groups excluding carboxylic acids is 1. The van der Waals surface area contributed by atoms with Crippen LogP contribution in [0.1, 0.15) is 36.1 Å². The van der Waals surface area contributed by atoms with Gasteiger partial charge in [-0.15, -0.1) is 12.4 Å². The summed E-state index contributed by atoms with van der Waals surface area (Å²) >= 11 is 0. The van der Waals surface area contributed by atoms with Crippen LogP contribution in [-0.4, -0.2) is 44.9 Å². The molecule has 1 fully saturated rings. The largest absolute Gasteiger partial charge is 0.463 e. The predicted octanol–water partition coefficient (Wildman–Crippen LogP) is 1.54. The van der Waals surface area contributed by atoms with Crippen LogP contribution in [0.4, 0.5) is 0 Å². The number of hydrogen-bond acceptors (Lipinski definition) is 6. The topological polar surface area (TPSA) is 103 Å². The SMILES string of the molecule is COC(=O)c1cc(S(=O)(=O)N2CCC(C(C)N)CC2)c(C)o1.Cl. The van der Waals surface area contributed by atoms with Crippen LogP contribution < -0.4 is 5.73 Å². The van der Waals surface area contributed by atoms with E-state index in [-0.39, 0.29) is 34.9 Å². The fourth-order valence-corrected chi connectivity index (χ4v) is 4.33. The van der Waals surface area contributed by atoms with Crippen LogP contribution in [0.5, 0.6) is 0 Å². The van der Waals surface area contributed by atoms with Gasteiger partial charge in [-0.25, -0.2) is 13.2 Å². The molecular formula is C14H23ClN2O5S. The van der Waals surface area contributed by atoms with Crippen LogP contribution in [0.25, 0.3) is 0 Å². The normalized spacial score (nSPS) is 18.3. The number of furan rings is 1. The van der Waals surface area contributed by atoms with Gasteiger partial charge in [0, 0.05) is 25.2 Å². The van der Waals surface area contributed by atoms with Gasteiger partial charge in [-0.05, 0) is 32.6 Å². The van der Waals surface area contributed by atoms with Crippen molar-refractivity contribution in [1.29, 1.82) is 0 Å². The highest BCUT2D eigenvalue weighted by Gasteiger charge is 2.33. The highest BCUT2D eigenvalue weighted by Crippen LogP contribution is 2.28. The summed E-state index contributed by atoms with van der Waals surface area (Å²) in [5.74, 6) is -0.276. The first-order valence-electron chi connectivity index (χ1n) is 7.22. The third-order valence-corrected chi connectivity index (χ3v) is 6.12. The van der Waals surface area contributed by atoms with Gasteiger partial charge < -0.3 is 14.9 Å². The van der Waals surface area contributed by atoms with E-state index in [1.54, 1.807) is 0 Å². The van der Waals surface area contributed by atoms with Crippen molar-refractivity contribution in [2.75, 3.05) is 20.2 Å².